The lowest BCUT2D eigenvalue weighted by Crippen LogP contribution is -2.00. The summed E-state index contributed by atoms with van der Waals surface area (Å²) in [5.41, 5.74) is 7.30. The first-order valence-corrected chi connectivity index (χ1v) is 4.42. The van der Waals surface area contributed by atoms with Crippen molar-refractivity contribution in [1.82, 2.24) is 9.55 Å². The minimum absolute atomic E-state index is 0.126. The molecule has 0 saturated heterocycles. The van der Waals surface area contributed by atoms with Gasteiger partial charge in [0.25, 0.3) is 0 Å². The van der Waals surface area contributed by atoms with Crippen LogP contribution < -0.4 is 5.73 Å². The summed E-state index contributed by atoms with van der Waals surface area (Å²) in [6, 6.07) is 1.83. The molecule has 2 aromatic heterocycles. The van der Waals surface area contributed by atoms with Crippen LogP contribution in [0.1, 0.15) is 10.4 Å². The fourth-order valence-electron chi connectivity index (χ4n) is 1.55. The third-order valence-corrected chi connectivity index (χ3v) is 2.25. The Bertz CT molecular complexity index is 510. The van der Waals surface area contributed by atoms with E-state index in [4.69, 9.17) is 10.8 Å². The Morgan fingerprint density at radius 2 is 2.33 bits per heavy atom. The Labute approximate surface area is 86.1 Å². The first kappa shape index (κ1) is 9.39. The van der Waals surface area contributed by atoms with Crippen LogP contribution in [0.4, 0.5) is 5.69 Å². The Balaban J connectivity index is 2.58. The van der Waals surface area contributed by atoms with E-state index in [0.29, 0.717) is 5.69 Å². The van der Waals surface area contributed by atoms with E-state index in [9.17, 15) is 4.79 Å². The van der Waals surface area contributed by atoms with Crippen molar-refractivity contribution in [3.05, 3.63) is 30.2 Å². The number of nitrogens with two attached hydrogens (primary N) is 1. The van der Waals surface area contributed by atoms with Gasteiger partial charge in [-0.05, 0) is 6.07 Å². The Morgan fingerprint density at radius 1 is 1.60 bits per heavy atom. The van der Waals surface area contributed by atoms with Gasteiger partial charge in [0.1, 0.15) is 5.56 Å². The molecule has 5 nitrogen and oxygen atoms in total. The summed E-state index contributed by atoms with van der Waals surface area (Å²) in [6.45, 7) is 0. The number of nitrogen functional groups attached to an aromatic ring is 1. The molecule has 78 valence electrons. The molecular weight excluding hydrogens is 194 g/mol. The van der Waals surface area contributed by atoms with Gasteiger partial charge in [-0.3, -0.25) is 0 Å². The molecule has 0 aliphatic carbocycles. The average Bonchev–Trinajstić information content (AvgIpc) is 2.71. The molecular formula is C10H11N3O2. The maximum atomic E-state index is 11.0. The van der Waals surface area contributed by atoms with Gasteiger partial charge < -0.3 is 20.4 Å². The van der Waals surface area contributed by atoms with E-state index >= 15 is 0 Å². The molecule has 2 aromatic rings. The van der Waals surface area contributed by atoms with E-state index in [1.807, 2.05) is 30.1 Å². The number of rotatable bonds is 2. The van der Waals surface area contributed by atoms with E-state index in [1.54, 1.807) is 0 Å². The van der Waals surface area contributed by atoms with E-state index in [1.165, 1.54) is 6.20 Å². The molecule has 0 unspecified atom stereocenters. The number of aromatic nitrogens is 2. The maximum absolute atomic E-state index is 11.0. The van der Waals surface area contributed by atoms with Crippen molar-refractivity contribution < 1.29 is 9.90 Å². The van der Waals surface area contributed by atoms with Crippen molar-refractivity contribution in [3.8, 4) is 11.3 Å². The Morgan fingerprint density at radius 3 is 2.87 bits per heavy atom. The van der Waals surface area contributed by atoms with Crippen molar-refractivity contribution in [1.29, 1.82) is 0 Å². The zero-order valence-corrected chi connectivity index (χ0v) is 8.19. The van der Waals surface area contributed by atoms with Gasteiger partial charge in [0, 0.05) is 31.2 Å². The molecule has 4 N–H and O–H groups in total. The van der Waals surface area contributed by atoms with E-state index in [-0.39, 0.29) is 11.3 Å². The summed E-state index contributed by atoms with van der Waals surface area (Å²) >= 11 is 0. The molecule has 0 spiro atoms. The molecule has 5 heteroatoms. The molecule has 0 aromatic carbocycles. The minimum Gasteiger partial charge on any atom is -0.478 e. The largest absolute Gasteiger partial charge is 0.478 e. The van der Waals surface area contributed by atoms with E-state index in [2.05, 4.69) is 4.98 Å². The second-order valence-electron chi connectivity index (χ2n) is 3.36. The van der Waals surface area contributed by atoms with Crippen LogP contribution in [0.25, 0.3) is 11.3 Å². The number of aryl methyl sites for hydroxylation is 1. The monoisotopic (exact) mass is 205 g/mol. The minimum atomic E-state index is -1.02. The van der Waals surface area contributed by atoms with Gasteiger partial charge in [0.05, 0.1) is 11.4 Å². The number of carboxylic acid groups (broad SMARTS) is 1. The van der Waals surface area contributed by atoms with Gasteiger partial charge in [0.15, 0.2) is 0 Å². The van der Waals surface area contributed by atoms with Crippen LogP contribution in [0.2, 0.25) is 0 Å². The molecule has 15 heavy (non-hydrogen) atoms. The number of aromatic carboxylic acids is 1. The lowest BCUT2D eigenvalue weighted by molar-refractivity contribution is 0.0699. The standard InChI is InChI=1S/C10H11N3O2/c1-13-3-2-6(5-13)9-8(10(14)15)7(11)4-12-9/h2-5,12H,11H2,1H3,(H,14,15). The average molecular weight is 205 g/mol. The maximum Gasteiger partial charge on any atom is 0.340 e. The molecule has 0 atom stereocenters. The van der Waals surface area contributed by atoms with E-state index < -0.39 is 5.97 Å². The number of nitrogens with zero attached hydrogens (tertiary/aromatic N) is 1. The topological polar surface area (TPSA) is 84.0 Å². The van der Waals surface area contributed by atoms with Crippen LogP contribution in [-0.2, 0) is 7.05 Å². The third-order valence-electron chi connectivity index (χ3n) is 2.25. The number of carboxylic acids is 1. The lowest BCUT2D eigenvalue weighted by Gasteiger charge is -1.97. The lowest BCUT2D eigenvalue weighted by atomic mass is 10.1. The highest BCUT2D eigenvalue weighted by Gasteiger charge is 2.17. The first-order valence-electron chi connectivity index (χ1n) is 4.42. The second kappa shape index (κ2) is 3.20. The highest BCUT2D eigenvalue weighted by Crippen LogP contribution is 2.26. The number of hydrogen-bond donors (Lipinski definition) is 3. The molecule has 0 aliphatic heterocycles. The SMILES string of the molecule is Cn1ccc(-c2[nH]cc(N)c2C(=O)O)c1. The molecule has 0 fully saturated rings. The number of anilines is 1. The van der Waals surface area contributed by atoms with Gasteiger partial charge in [-0.1, -0.05) is 0 Å². The van der Waals surface area contributed by atoms with Gasteiger partial charge >= 0.3 is 5.97 Å². The van der Waals surface area contributed by atoms with Crippen LogP contribution in [0.15, 0.2) is 24.7 Å². The van der Waals surface area contributed by atoms with Crippen molar-refractivity contribution in [2.45, 2.75) is 0 Å². The summed E-state index contributed by atoms with van der Waals surface area (Å²) in [6.07, 6.45) is 5.17. The van der Waals surface area contributed by atoms with Gasteiger partial charge in [0.2, 0.25) is 0 Å². The molecule has 2 heterocycles. The van der Waals surface area contributed by atoms with E-state index in [0.717, 1.165) is 5.56 Å². The van der Waals surface area contributed by atoms with Crippen molar-refractivity contribution in [2.75, 3.05) is 5.73 Å². The van der Waals surface area contributed by atoms with Crippen molar-refractivity contribution in [2.24, 2.45) is 7.05 Å². The van der Waals surface area contributed by atoms with Crippen LogP contribution >= 0.6 is 0 Å². The number of aromatic amines is 1. The molecule has 0 saturated carbocycles. The quantitative estimate of drug-likeness (QED) is 0.690. The fourth-order valence-corrected chi connectivity index (χ4v) is 1.55. The van der Waals surface area contributed by atoms with Crippen LogP contribution in [0.5, 0.6) is 0 Å². The highest BCUT2D eigenvalue weighted by atomic mass is 16.4. The van der Waals surface area contributed by atoms with Crippen LogP contribution in [0, 0.1) is 0 Å². The number of nitrogens with one attached hydrogen (secondary N) is 1. The Kier molecular flexibility index (Phi) is 2.00. The molecule has 0 amide bonds. The first-order chi connectivity index (χ1) is 7.09. The Hall–Kier alpha value is -2.17. The van der Waals surface area contributed by atoms with Gasteiger partial charge in [-0.15, -0.1) is 0 Å². The summed E-state index contributed by atoms with van der Waals surface area (Å²) in [7, 11) is 1.87. The third kappa shape index (κ3) is 1.48. The molecule has 0 aliphatic rings. The number of carbonyl (C=O) groups is 1. The molecule has 2 rings (SSSR count). The van der Waals surface area contributed by atoms with Crippen molar-refractivity contribution in [3.63, 3.8) is 0 Å². The van der Waals surface area contributed by atoms with Crippen LogP contribution in [-0.4, -0.2) is 20.6 Å². The normalized spacial score (nSPS) is 10.5. The second-order valence-corrected chi connectivity index (χ2v) is 3.36. The zero-order chi connectivity index (χ0) is 11.0. The fraction of sp³-hybridized carbons (Fsp3) is 0.100. The number of hydrogen-bond acceptors (Lipinski definition) is 2. The predicted octanol–water partition coefficient (Wildman–Crippen LogP) is 1.30. The van der Waals surface area contributed by atoms with Crippen LogP contribution in [0.3, 0.4) is 0 Å². The zero-order valence-electron chi connectivity index (χ0n) is 8.19. The summed E-state index contributed by atoms with van der Waals surface area (Å²) in [5, 5.41) is 9.00. The predicted molar refractivity (Wildman–Crippen MR) is 56.6 cm³/mol. The summed E-state index contributed by atoms with van der Waals surface area (Å²) < 4.78 is 1.85. The summed E-state index contributed by atoms with van der Waals surface area (Å²) in [4.78, 5) is 13.8. The molecule has 0 radical (unpaired) electrons. The van der Waals surface area contributed by atoms with Gasteiger partial charge in [-0.2, -0.15) is 0 Å². The summed E-state index contributed by atoms with van der Waals surface area (Å²) in [5.74, 6) is -1.02. The molecule has 0 bridgehead atoms. The van der Waals surface area contributed by atoms with Gasteiger partial charge in [-0.25, -0.2) is 4.79 Å². The highest BCUT2D eigenvalue weighted by molar-refractivity contribution is 6.00. The number of H-pyrrole nitrogens is 1. The van der Waals surface area contributed by atoms with Crippen molar-refractivity contribution >= 4 is 11.7 Å². The smallest absolute Gasteiger partial charge is 0.340 e.